The van der Waals surface area contributed by atoms with Crippen LogP contribution in [0.25, 0.3) is 0 Å². The monoisotopic (exact) mass is 659 g/mol. The van der Waals surface area contributed by atoms with Crippen LogP contribution in [0.5, 0.6) is 0 Å². The quantitative estimate of drug-likeness (QED) is 0.216. The first-order valence-corrected chi connectivity index (χ1v) is 20.2. The molecule has 0 fully saturated rings. The normalized spacial score (nSPS) is 7.47. The molecule has 0 aromatic rings. The molecule has 298 valence electrons. The molecule has 0 aliphatic carbocycles. The zero-order valence-corrected chi connectivity index (χ0v) is 38.2. The minimum absolute atomic E-state index is 0. The molecule has 0 nitrogen and oxygen atoms in total. The highest BCUT2D eigenvalue weighted by Gasteiger charge is 1.96. The highest BCUT2D eigenvalue weighted by molar-refractivity contribution is 4.48. The SMILES string of the molecule is C.C.CC.CC.CC.CC.CC.CC.CC(C)(C)C.CC(C)(C)C.CCCCC.CCCCC.CCCCC.CCCCCC. The minimum Gasteiger partial charge on any atom is -0.0776 e. The van der Waals surface area contributed by atoms with E-state index in [4.69, 9.17) is 0 Å². The number of hydrogen-bond acceptors (Lipinski definition) is 0. The summed E-state index contributed by atoms with van der Waals surface area (Å²) in [6.45, 7) is 59.2. The fourth-order valence-corrected chi connectivity index (χ4v) is 1.56. The van der Waals surface area contributed by atoms with E-state index in [1.165, 1.54) is 83.5 Å². The van der Waals surface area contributed by atoms with E-state index in [9.17, 15) is 0 Å². The number of unbranched alkanes of at least 4 members (excludes halogenated alkanes) is 9. The van der Waals surface area contributed by atoms with Crippen LogP contribution in [0.15, 0.2) is 0 Å². The molecular weight excluding hydrogens is 540 g/mol. The molecule has 0 aliphatic heterocycles. The van der Waals surface area contributed by atoms with Crippen LogP contribution in [0.3, 0.4) is 0 Å². The average Bonchev–Trinajstić information content (AvgIpc) is 2.99. The molecular formula is C45H118. The molecule has 0 saturated carbocycles. The third-order valence-corrected chi connectivity index (χ3v) is 3.08. The fraction of sp³-hybridized carbons (Fsp3) is 1.00. The highest BCUT2D eigenvalue weighted by Crippen LogP contribution is 2.08. The minimum atomic E-state index is 0. The Labute approximate surface area is 302 Å². The molecule has 0 unspecified atom stereocenters. The van der Waals surface area contributed by atoms with Crippen molar-refractivity contribution < 1.29 is 0 Å². The van der Waals surface area contributed by atoms with Gasteiger partial charge in [0.25, 0.3) is 0 Å². The van der Waals surface area contributed by atoms with Crippen LogP contribution in [-0.4, -0.2) is 0 Å². The standard InChI is InChI=1S/C6H14.5C5H12.6C2H6.2CH4/c1-3-5-6-4-2;2*1-5(2,3)4;3*1-3-5-4-2;6*1-2;;/h3-6H2,1-2H3;2*1-4H3;3*3-5H2,1-2H3;6*1-2H3;2*1H4. The largest absolute Gasteiger partial charge is 0.0776 e. The summed E-state index contributed by atoms with van der Waals surface area (Å²) in [5.41, 5.74) is 1.00. The lowest BCUT2D eigenvalue weighted by Gasteiger charge is -2.05. The summed E-state index contributed by atoms with van der Waals surface area (Å²) < 4.78 is 0. The van der Waals surface area contributed by atoms with Gasteiger partial charge in [0.1, 0.15) is 0 Å². The first-order chi connectivity index (χ1) is 20.2. The summed E-state index contributed by atoms with van der Waals surface area (Å²) >= 11 is 0. The second-order valence-electron chi connectivity index (χ2n) is 11.8. The topological polar surface area (TPSA) is 0 Å². The Balaban J connectivity index is -0.0000000198. The highest BCUT2D eigenvalue weighted by atomic mass is 14.0. The van der Waals surface area contributed by atoms with Gasteiger partial charge in [0.2, 0.25) is 0 Å². The second kappa shape index (κ2) is 130. The van der Waals surface area contributed by atoms with Crippen LogP contribution >= 0.6 is 0 Å². The molecule has 0 aromatic heterocycles. The maximum atomic E-state index is 2.23. The molecule has 0 heterocycles. The second-order valence-corrected chi connectivity index (χ2v) is 11.8. The van der Waals surface area contributed by atoms with Gasteiger partial charge in [-0.15, -0.1) is 0 Å². The van der Waals surface area contributed by atoms with Crippen molar-refractivity contribution >= 4 is 0 Å². The van der Waals surface area contributed by atoms with Crippen molar-refractivity contribution in [3.8, 4) is 0 Å². The zero-order chi connectivity index (χ0) is 38.2. The van der Waals surface area contributed by atoms with Crippen molar-refractivity contribution in [3.63, 3.8) is 0 Å². The van der Waals surface area contributed by atoms with Gasteiger partial charge in [-0.25, -0.2) is 0 Å². The van der Waals surface area contributed by atoms with Crippen LogP contribution in [-0.2, 0) is 0 Å². The van der Waals surface area contributed by atoms with Crippen LogP contribution in [0.4, 0.5) is 0 Å². The van der Waals surface area contributed by atoms with E-state index in [1.54, 1.807) is 0 Å². The van der Waals surface area contributed by atoms with Crippen molar-refractivity contribution in [3.05, 3.63) is 0 Å². The van der Waals surface area contributed by atoms with Gasteiger partial charge in [-0.3, -0.25) is 0 Å². The molecule has 45 heavy (non-hydrogen) atoms. The lowest BCUT2D eigenvalue weighted by Crippen LogP contribution is -1.93. The van der Waals surface area contributed by atoms with Gasteiger partial charge in [0, 0.05) is 0 Å². The Kier molecular flexibility index (Phi) is 262. The number of hydrogen-bond donors (Lipinski definition) is 0. The van der Waals surface area contributed by atoms with Gasteiger partial charge in [-0.05, 0) is 10.8 Å². The zero-order valence-electron chi connectivity index (χ0n) is 38.2. The lowest BCUT2D eigenvalue weighted by atomic mass is 10.0. The van der Waals surface area contributed by atoms with Crippen molar-refractivity contribution in [2.75, 3.05) is 0 Å². The van der Waals surface area contributed by atoms with Crippen molar-refractivity contribution in [2.45, 2.75) is 292 Å². The van der Waals surface area contributed by atoms with E-state index >= 15 is 0 Å². The molecule has 0 radical (unpaired) electrons. The summed E-state index contributed by atoms with van der Waals surface area (Å²) in [6.07, 6.45) is 17.8. The predicted octanol–water partition coefficient (Wildman–Crippen LogP) is 20.7. The number of rotatable bonds is 9. The van der Waals surface area contributed by atoms with E-state index in [-0.39, 0.29) is 14.9 Å². The summed E-state index contributed by atoms with van der Waals surface area (Å²) in [4.78, 5) is 0. The molecule has 0 rings (SSSR count). The predicted molar refractivity (Wildman–Crippen MR) is 237 cm³/mol. The Bertz CT molecular complexity index is 165. The summed E-state index contributed by atoms with van der Waals surface area (Å²) in [6, 6.07) is 0. The van der Waals surface area contributed by atoms with Gasteiger partial charge in [-0.2, -0.15) is 0 Å². The smallest absolute Gasteiger partial charge is 0.0411 e. The van der Waals surface area contributed by atoms with Gasteiger partial charge in [-0.1, -0.05) is 292 Å². The first kappa shape index (κ1) is 90.7. The molecule has 0 atom stereocenters. The van der Waals surface area contributed by atoms with Crippen molar-refractivity contribution in [1.82, 2.24) is 0 Å². The van der Waals surface area contributed by atoms with Crippen LogP contribution in [0, 0.1) is 10.8 Å². The third-order valence-electron chi connectivity index (χ3n) is 3.08. The maximum absolute atomic E-state index is 2.23. The Morgan fingerprint density at radius 2 is 0.289 bits per heavy atom. The van der Waals surface area contributed by atoms with Crippen LogP contribution < -0.4 is 0 Å². The van der Waals surface area contributed by atoms with Gasteiger partial charge in [0.05, 0.1) is 0 Å². The molecule has 0 aliphatic rings. The maximum Gasteiger partial charge on any atom is -0.0411 e. The molecule has 0 spiro atoms. The summed E-state index contributed by atoms with van der Waals surface area (Å²) in [5, 5.41) is 0. The van der Waals surface area contributed by atoms with E-state index < -0.39 is 0 Å². The Morgan fingerprint density at radius 1 is 0.222 bits per heavy atom. The molecule has 0 N–H and O–H groups in total. The summed E-state index contributed by atoms with van der Waals surface area (Å²) in [5.74, 6) is 0. The summed E-state index contributed by atoms with van der Waals surface area (Å²) in [7, 11) is 0. The van der Waals surface area contributed by atoms with E-state index in [1.807, 2.05) is 83.1 Å². The average molecular weight is 659 g/mol. The molecule has 0 saturated heterocycles. The van der Waals surface area contributed by atoms with Crippen LogP contribution in [0.2, 0.25) is 0 Å². The van der Waals surface area contributed by atoms with Gasteiger partial charge in [0.15, 0.2) is 0 Å². The fourth-order valence-electron chi connectivity index (χ4n) is 1.56. The van der Waals surface area contributed by atoms with E-state index in [2.05, 4.69) is 111 Å². The Hall–Kier alpha value is 0. The lowest BCUT2D eigenvalue weighted by molar-refractivity contribution is 0.469. The molecule has 0 aromatic carbocycles. The van der Waals surface area contributed by atoms with Crippen LogP contribution in [0.1, 0.15) is 292 Å². The van der Waals surface area contributed by atoms with Crippen molar-refractivity contribution in [1.29, 1.82) is 0 Å². The van der Waals surface area contributed by atoms with E-state index in [0.29, 0.717) is 10.8 Å². The third kappa shape index (κ3) is 958. The van der Waals surface area contributed by atoms with Crippen molar-refractivity contribution in [2.24, 2.45) is 10.8 Å². The molecule has 0 amide bonds. The van der Waals surface area contributed by atoms with Gasteiger partial charge < -0.3 is 0 Å². The molecule has 0 heteroatoms. The molecule has 0 bridgehead atoms. The van der Waals surface area contributed by atoms with E-state index in [0.717, 1.165) is 0 Å². The van der Waals surface area contributed by atoms with Gasteiger partial charge >= 0.3 is 0 Å². The first-order valence-electron chi connectivity index (χ1n) is 20.2. The Morgan fingerprint density at radius 3 is 0.311 bits per heavy atom.